The van der Waals surface area contributed by atoms with Crippen LogP contribution in [0.25, 0.3) is 0 Å². The maximum atomic E-state index is 11.5. The summed E-state index contributed by atoms with van der Waals surface area (Å²) in [4.78, 5) is 6.80. The molecular weight excluding hydrogens is 332 g/mol. The molecule has 1 fully saturated rings. The number of hydrogen-bond acceptors (Lipinski definition) is 6. The van der Waals surface area contributed by atoms with Crippen LogP contribution in [0, 0.1) is 5.92 Å². The summed E-state index contributed by atoms with van der Waals surface area (Å²) in [6.45, 7) is 2.58. The molecule has 1 saturated heterocycles. The van der Waals surface area contributed by atoms with E-state index in [-0.39, 0.29) is 0 Å². The lowest BCUT2D eigenvalue weighted by molar-refractivity contribution is 0.228. The van der Waals surface area contributed by atoms with Gasteiger partial charge in [0.2, 0.25) is 0 Å². The SMILES string of the molecule is CS(=O)(=O)c1ccc(N2CCCC(COc3nccs3)C2)cc1. The molecule has 1 aliphatic heterocycles. The molecule has 0 N–H and O–H groups in total. The third kappa shape index (κ3) is 4.23. The van der Waals surface area contributed by atoms with Crippen molar-refractivity contribution in [3.8, 4) is 5.19 Å². The van der Waals surface area contributed by atoms with E-state index in [1.165, 1.54) is 17.6 Å². The molecule has 0 aliphatic carbocycles. The molecule has 2 aromatic rings. The lowest BCUT2D eigenvalue weighted by atomic mass is 9.98. The van der Waals surface area contributed by atoms with Gasteiger partial charge in [0.1, 0.15) is 0 Å². The van der Waals surface area contributed by atoms with Gasteiger partial charge in [0.15, 0.2) is 9.84 Å². The van der Waals surface area contributed by atoms with Crippen LogP contribution in [0.15, 0.2) is 40.7 Å². The molecule has 1 aromatic heterocycles. The molecule has 0 saturated carbocycles. The summed E-state index contributed by atoms with van der Waals surface area (Å²) in [7, 11) is -3.14. The monoisotopic (exact) mass is 352 g/mol. The molecule has 1 aliphatic rings. The average Bonchev–Trinajstić information content (AvgIpc) is 3.06. The molecule has 7 heteroatoms. The minimum absolute atomic E-state index is 0.363. The van der Waals surface area contributed by atoms with E-state index in [9.17, 15) is 8.42 Å². The van der Waals surface area contributed by atoms with Crippen LogP contribution in [0.2, 0.25) is 0 Å². The fourth-order valence-electron chi connectivity index (χ4n) is 2.81. The fourth-order valence-corrected chi connectivity index (χ4v) is 3.94. The van der Waals surface area contributed by atoms with Gasteiger partial charge in [-0.1, -0.05) is 11.3 Å². The molecule has 1 aromatic carbocycles. The smallest absolute Gasteiger partial charge is 0.273 e. The number of nitrogens with zero attached hydrogens (tertiary/aromatic N) is 2. The van der Waals surface area contributed by atoms with Crippen molar-refractivity contribution in [1.29, 1.82) is 0 Å². The van der Waals surface area contributed by atoms with Crippen LogP contribution in [0.3, 0.4) is 0 Å². The first kappa shape index (κ1) is 16.3. The van der Waals surface area contributed by atoms with Crippen molar-refractivity contribution in [2.24, 2.45) is 5.92 Å². The van der Waals surface area contributed by atoms with E-state index >= 15 is 0 Å². The Hall–Kier alpha value is -1.60. The Bertz CT molecular complexity index is 727. The predicted octanol–water partition coefficient (Wildman–Crippen LogP) is 2.84. The molecule has 0 bridgehead atoms. The summed E-state index contributed by atoms with van der Waals surface area (Å²) in [6, 6.07) is 7.14. The van der Waals surface area contributed by atoms with Crippen LogP contribution in [0.1, 0.15) is 12.8 Å². The minimum Gasteiger partial charge on any atom is -0.470 e. The van der Waals surface area contributed by atoms with E-state index in [1.54, 1.807) is 18.3 Å². The summed E-state index contributed by atoms with van der Waals surface area (Å²) in [5.74, 6) is 0.460. The highest BCUT2D eigenvalue weighted by molar-refractivity contribution is 7.90. The van der Waals surface area contributed by atoms with Crippen molar-refractivity contribution in [3.63, 3.8) is 0 Å². The first-order valence-electron chi connectivity index (χ1n) is 7.60. The van der Waals surface area contributed by atoms with Gasteiger partial charge in [-0.15, -0.1) is 0 Å². The Labute approximate surface area is 140 Å². The van der Waals surface area contributed by atoms with Gasteiger partial charge in [0, 0.05) is 42.5 Å². The number of sulfone groups is 1. The molecule has 1 atom stereocenters. The lowest BCUT2D eigenvalue weighted by Crippen LogP contribution is -2.37. The highest BCUT2D eigenvalue weighted by atomic mass is 32.2. The molecule has 5 nitrogen and oxygen atoms in total. The van der Waals surface area contributed by atoms with Crippen molar-refractivity contribution >= 4 is 26.9 Å². The summed E-state index contributed by atoms with van der Waals surface area (Å²) in [5.41, 5.74) is 1.07. The Morgan fingerprint density at radius 2 is 2.13 bits per heavy atom. The van der Waals surface area contributed by atoms with Crippen LogP contribution >= 0.6 is 11.3 Å². The van der Waals surface area contributed by atoms with Crippen LogP contribution in [0.5, 0.6) is 5.19 Å². The second-order valence-corrected chi connectivity index (χ2v) is 8.70. The number of rotatable bonds is 5. The van der Waals surface area contributed by atoms with Crippen molar-refractivity contribution in [2.75, 3.05) is 30.9 Å². The molecule has 3 rings (SSSR count). The quantitative estimate of drug-likeness (QED) is 0.828. The zero-order chi connectivity index (χ0) is 16.3. The molecule has 0 spiro atoms. The Morgan fingerprint density at radius 1 is 1.35 bits per heavy atom. The third-order valence-corrected chi connectivity index (χ3v) is 5.81. The maximum absolute atomic E-state index is 11.5. The molecule has 124 valence electrons. The largest absolute Gasteiger partial charge is 0.470 e. The lowest BCUT2D eigenvalue weighted by Gasteiger charge is -2.34. The topological polar surface area (TPSA) is 59.5 Å². The highest BCUT2D eigenvalue weighted by Gasteiger charge is 2.21. The number of benzene rings is 1. The van der Waals surface area contributed by atoms with Crippen LogP contribution < -0.4 is 9.64 Å². The number of thiazole rings is 1. The van der Waals surface area contributed by atoms with E-state index in [0.29, 0.717) is 17.4 Å². The van der Waals surface area contributed by atoms with Gasteiger partial charge in [0.25, 0.3) is 5.19 Å². The molecule has 2 heterocycles. The zero-order valence-corrected chi connectivity index (χ0v) is 14.6. The number of hydrogen-bond donors (Lipinski definition) is 0. The van der Waals surface area contributed by atoms with E-state index in [1.807, 2.05) is 17.5 Å². The van der Waals surface area contributed by atoms with E-state index in [2.05, 4.69) is 9.88 Å². The molecule has 23 heavy (non-hydrogen) atoms. The molecular formula is C16H20N2O3S2. The summed E-state index contributed by atoms with van der Waals surface area (Å²) in [6.07, 6.45) is 5.23. The Kier molecular flexibility index (Phi) is 4.87. The van der Waals surface area contributed by atoms with Crippen molar-refractivity contribution < 1.29 is 13.2 Å². The van der Waals surface area contributed by atoms with Crippen molar-refractivity contribution in [1.82, 2.24) is 4.98 Å². The number of piperidine rings is 1. The molecule has 0 radical (unpaired) electrons. The predicted molar refractivity (Wildman–Crippen MR) is 92.1 cm³/mol. The standard InChI is InChI=1S/C16H20N2O3S2/c1-23(19,20)15-6-4-14(5-7-15)18-9-2-3-13(11-18)12-21-16-17-8-10-22-16/h4-8,10,13H,2-3,9,11-12H2,1H3. The highest BCUT2D eigenvalue weighted by Crippen LogP contribution is 2.25. The Balaban J connectivity index is 1.61. The van der Waals surface area contributed by atoms with Crippen molar-refractivity contribution in [2.45, 2.75) is 17.7 Å². The van der Waals surface area contributed by atoms with Gasteiger partial charge in [-0.05, 0) is 37.1 Å². The van der Waals surface area contributed by atoms with Gasteiger partial charge >= 0.3 is 0 Å². The summed E-state index contributed by atoms with van der Waals surface area (Å²) >= 11 is 1.51. The first-order valence-corrected chi connectivity index (χ1v) is 10.4. The van der Waals surface area contributed by atoms with E-state index in [0.717, 1.165) is 36.8 Å². The number of ether oxygens (including phenoxy) is 1. The van der Waals surface area contributed by atoms with E-state index < -0.39 is 9.84 Å². The Morgan fingerprint density at radius 3 is 2.78 bits per heavy atom. The van der Waals surface area contributed by atoms with Crippen LogP contribution in [-0.2, 0) is 9.84 Å². The fraction of sp³-hybridized carbons (Fsp3) is 0.438. The normalized spacial score (nSPS) is 18.8. The third-order valence-electron chi connectivity index (χ3n) is 4.00. The second kappa shape index (κ2) is 6.88. The van der Waals surface area contributed by atoms with Crippen LogP contribution in [-0.4, -0.2) is 39.4 Å². The van der Waals surface area contributed by atoms with Crippen molar-refractivity contribution in [3.05, 3.63) is 35.8 Å². The van der Waals surface area contributed by atoms with Crippen LogP contribution in [0.4, 0.5) is 5.69 Å². The van der Waals surface area contributed by atoms with Gasteiger partial charge in [-0.25, -0.2) is 13.4 Å². The van der Waals surface area contributed by atoms with Gasteiger partial charge in [0.05, 0.1) is 11.5 Å². The number of anilines is 1. The zero-order valence-electron chi connectivity index (χ0n) is 13.0. The van der Waals surface area contributed by atoms with Gasteiger partial charge < -0.3 is 9.64 Å². The van der Waals surface area contributed by atoms with E-state index in [4.69, 9.17) is 4.74 Å². The first-order chi connectivity index (χ1) is 11.0. The average molecular weight is 352 g/mol. The maximum Gasteiger partial charge on any atom is 0.273 e. The van der Waals surface area contributed by atoms with Gasteiger partial charge in [-0.3, -0.25) is 0 Å². The number of aromatic nitrogens is 1. The summed E-state index contributed by atoms with van der Waals surface area (Å²) < 4.78 is 28.8. The summed E-state index contributed by atoms with van der Waals surface area (Å²) in [5, 5.41) is 2.63. The molecule has 1 unspecified atom stereocenters. The second-order valence-electron chi connectivity index (χ2n) is 5.83. The van der Waals surface area contributed by atoms with Gasteiger partial charge in [-0.2, -0.15) is 0 Å². The minimum atomic E-state index is -3.14. The molecule has 0 amide bonds.